The van der Waals surface area contributed by atoms with Crippen molar-refractivity contribution in [1.29, 1.82) is 0 Å². The number of phenolic OH excluding ortho intramolecular Hbond substituents is 1. The Labute approximate surface area is 130 Å². The van der Waals surface area contributed by atoms with Crippen LogP contribution in [0.2, 0.25) is 0 Å². The summed E-state index contributed by atoms with van der Waals surface area (Å²) in [6, 6.07) is 9.17. The number of phenols is 1. The zero-order chi connectivity index (χ0) is 15.7. The number of likely N-dealkylation sites (tertiary alicyclic amines) is 1. The standard InChI is InChI=1S/C17H22N4O/c1-12-10-15(18)20-16(19-12)17(2)8-3-9-21(17)11-13-4-6-14(22)7-5-13/h4-7,10,22H,3,8-9,11H2,1-2H3,(H2,18,19,20). The minimum Gasteiger partial charge on any atom is -0.508 e. The van der Waals surface area contributed by atoms with Gasteiger partial charge in [0, 0.05) is 18.3 Å². The van der Waals surface area contributed by atoms with Crippen molar-refractivity contribution in [2.24, 2.45) is 0 Å². The summed E-state index contributed by atoms with van der Waals surface area (Å²) < 4.78 is 0. The largest absolute Gasteiger partial charge is 0.508 e. The second-order valence-electron chi connectivity index (χ2n) is 6.22. The van der Waals surface area contributed by atoms with E-state index >= 15 is 0 Å². The third kappa shape index (κ3) is 2.76. The van der Waals surface area contributed by atoms with Crippen LogP contribution >= 0.6 is 0 Å². The van der Waals surface area contributed by atoms with Gasteiger partial charge < -0.3 is 10.8 Å². The minimum absolute atomic E-state index is 0.196. The number of anilines is 1. The number of aryl methyl sites for hydroxylation is 1. The first kappa shape index (κ1) is 14.8. The first-order valence-corrected chi connectivity index (χ1v) is 7.62. The van der Waals surface area contributed by atoms with Crippen LogP contribution in [0, 0.1) is 6.92 Å². The average Bonchev–Trinajstić information content (AvgIpc) is 2.83. The summed E-state index contributed by atoms with van der Waals surface area (Å²) in [5.41, 5.74) is 7.78. The fourth-order valence-electron chi connectivity index (χ4n) is 3.18. The predicted octanol–water partition coefficient (Wildman–Crippen LogP) is 2.58. The van der Waals surface area contributed by atoms with Crippen LogP contribution in [0.5, 0.6) is 5.75 Å². The number of nitrogens with two attached hydrogens (primary N) is 1. The molecule has 0 amide bonds. The lowest BCUT2D eigenvalue weighted by molar-refractivity contribution is 0.137. The highest BCUT2D eigenvalue weighted by molar-refractivity contribution is 5.31. The molecule has 22 heavy (non-hydrogen) atoms. The lowest BCUT2D eigenvalue weighted by atomic mass is 9.97. The maximum Gasteiger partial charge on any atom is 0.150 e. The van der Waals surface area contributed by atoms with Gasteiger partial charge in [0.2, 0.25) is 0 Å². The maximum absolute atomic E-state index is 9.41. The average molecular weight is 298 g/mol. The Morgan fingerprint density at radius 2 is 2.00 bits per heavy atom. The smallest absolute Gasteiger partial charge is 0.150 e. The van der Waals surface area contributed by atoms with Crippen molar-refractivity contribution >= 4 is 5.82 Å². The van der Waals surface area contributed by atoms with E-state index in [4.69, 9.17) is 5.73 Å². The number of rotatable bonds is 3. The van der Waals surface area contributed by atoms with Gasteiger partial charge >= 0.3 is 0 Å². The van der Waals surface area contributed by atoms with E-state index in [0.717, 1.165) is 37.4 Å². The van der Waals surface area contributed by atoms with E-state index in [1.807, 2.05) is 19.1 Å². The molecule has 5 nitrogen and oxygen atoms in total. The number of benzene rings is 1. The minimum atomic E-state index is -0.196. The summed E-state index contributed by atoms with van der Waals surface area (Å²) in [5.74, 6) is 1.63. The Kier molecular flexibility index (Phi) is 3.74. The molecule has 1 aromatic carbocycles. The van der Waals surface area contributed by atoms with Gasteiger partial charge in [0.15, 0.2) is 5.82 Å². The highest BCUT2D eigenvalue weighted by Crippen LogP contribution is 2.38. The third-order valence-electron chi connectivity index (χ3n) is 4.46. The molecule has 1 unspecified atom stereocenters. The summed E-state index contributed by atoms with van der Waals surface area (Å²) in [6.07, 6.45) is 2.14. The molecule has 3 rings (SSSR count). The zero-order valence-corrected chi connectivity index (χ0v) is 13.1. The van der Waals surface area contributed by atoms with Gasteiger partial charge in [-0.3, -0.25) is 4.90 Å². The third-order valence-corrected chi connectivity index (χ3v) is 4.46. The number of aromatic nitrogens is 2. The molecule has 2 heterocycles. The van der Waals surface area contributed by atoms with Crippen LogP contribution in [-0.4, -0.2) is 26.5 Å². The van der Waals surface area contributed by atoms with Crippen molar-refractivity contribution in [3.05, 3.63) is 47.4 Å². The molecule has 5 heteroatoms. The SMILES string of the molecule is Cc1cc(N)nc(C2(C)CCCN2Cc2ccc(O)cc2)n1. The second kappa shape index (κ2) is 5.57. The topological polar surface area (TPSA) is 75.3 Å². The van der Waals surface area contributed by atoms with E-state index in [-0.39, 0.29) is 5.54 Å². The molecule has 0 saturated carbocycles. The molecule has 1 aliphatic heterocycles. The maximum atomic E-state index is 9.41. The van der Waals surface area contributed by atoms with Gasteiger partial charge in [-0.25, -0.2) is 9.97 Å². The summed E-state index contributed by atoms with van der Waals surface area (Å²) in [7, 11) is 0. The van der Waals surface area contributed by atoms with Gasteiger partial charge in [-0.15, -0.1) is 0 Å². The number of aromatic hydroxyl groups is 1. The van der Waals surface area contributed by atoms with Gasteiger partial charge in [-0.2, -0.15) is 0 Å². The molecule has 1 fully saturated rings. The van der Waals surface area contributed by atoms with E-state index in [1.54, 1.807) is 18.2 Å². The van der Waals surface area contributed by atoms with Crippen LogP contribution in [0.1, 0.15) is 36.8 Å². The highest BCUT2D eigenvalue weighted by atomic mass is 16.3. The molecule has 3 N–H and O–H groups in total. The molecular weight excluding hydrogens is 276 g/mol. The molecule has 0 bridgehead atoms. The molecule has 0 aliphatic carbocycles. The Hall–Kier alpha value is -2.14. The van der Waals surface area contributed by atoms with Crippen LogP contribution < -0.4 is 5.73 Å². The summed E-state index contributed by atoms with van der Waals surface area (Å²) in [6.45, 7) is 5.96. The van der Waals surface area contributed by atoms with Gasteiger partial charge in [0.1, 0.15) is 11.6 Å². The fourth-order valence-corrected chi connectivity index (χ4v) is 3.18. The van der Waals surface area contributed by atoms with Gasteiger partial charge in [0.25, 0.3) is 0 Å². The van der Waals surface area contributed by atoms with Crippen molar-refractivity contribution < 1.29 is 5.11 Å². The molecule has 116 valence electrons. The molecule has 1 aliphatic rings. The van der Waals surface area contributed by atoms with E-state index in [0.29, 0.717) is 11.6 Å². The van der Waals surface area contributed by atoms with Gasteiger partial charge in [-0.1, -0.05) is 12.1 Å². The van der Waals surface area contributed by atoms with Crippen molar-refractivity contribution in [3.63, 3.8) is 0 Å². The van der Waals surface area contributed by atoms with Crippen molar-refractivity contribution in [2.75, 3.05) is 12.3 Å². The van der Waals surface area contributed by atoms with Crippen molar-refractivity contribution in [2.45, 2.75) is 38.8 Å². The predicted molar refractivity (Wildman–Crippen MR) is 86.3 cm³/mol. The number of nitrogens with zero attached hydrogens (tertiary/aromatic N) is 3. The molecule has 0 spiro atoms. The monoisotopic (exact) mass is 298 g/mol. The highest BCUT2D eigenvalue weighted by Gasteiger charge is 2.40. The van der Waals surface area contributed by atoms with Crippen LogP contribution in [-0.2, 0) is 12.1 Å². The van der Waals surface area contributed by atoms with E-state index < -0.39 is 0 Å². The normalized spacial score (nSPS) is 22.1. The Morgan fingerprint density at radius 1 is 1.27 bits per heavy atom. The second-order valence-corrected chi connectivity index (χ2v) is 6.22. The molecule has 2 aromatic rings. The van der Waals surface area contributed by atoms with Crippen molar-refractivity contribution in [1.82, 2.24) is 14.9 Å². The Bertz CT molecular complexity index is 651. The summed E-state index contributed by atoms with van der Waals surface area (Å²) in [5, 5.41) is 9.41. The Morgan fingerprint density at radius 3 is 2.68 bits per heavy atom. The Balaban J connectivity index is 1.89. The van der Waals surface area contributed by atoms with E-state index in [9.17, 15) is 5.11 Å². The summed E-state index contributed by atoms with van der Waals surface area (Å²) >= 11 is 0. The first-order chi connectivity index (χ1) is 10.5. The zero-order valence-electron chi connectivity index (χ0n) is 13.1. The molecular formula is C17H22N4O. The molecule has 0 radical (unpaired) electrons. The molecule has 1 saturated heterocycles. The quantitative estimate of drug-likeness (QED) is 0.911. The number of nitrogen functional groups attached to an aromatic ring is 1. The van der Waals surface area contributed by atoms with Crippen LogP contribution in [0.3, 0.4) is 0 Å². The van der Waals surface area contributed by atoms with E-state index in [1.165, 1.54) is 5.56 Å². The van der Waals surface area contributed by atoms with Crippen LogP contribution in [0.25, 0.3) is 0 Å². The molecule has 1 atom stereocenters. The van der Waals surface area contributed by atoms with Crippen molar-refractivity contribution in [3.8, 4) is 5.75 Å². The number of hydrogen-bond acceptors (Lipinski definition) is 5. The van der Waals surface area contributed by atoms with E-state index in [2.05, 4.69) is 21.8 Å². The fraction of sp³-hybridized carbons (Fsp3) is 0.412. The van der Waals surface area contributed by atoms with Crippen LogP contribution in [0.4, 0.5) is 5.82 Å². The van der Waals surface area contributed by atoms with Crippen LogP contribution in [0.15, 0.2) is 30.3 Å². The lowest BCUT2D eigenvalue weighted by Crippen LogP contribution is -2.39. The lowest BCUT2D eigenvalue weighted by Gasteiger charge is -2.34. The number of hydrogen-bond donors (Lipinski definition) is 2. The molecule has 1 aromatic heterocycles. The first-order valence-electron chi connectivity index (χ1n) is 7.62. The van der Waals surface area contributed by atoms with Gasteiger partial charge in [-0.05, 0) is 50.9 Å². The summed E-state index contributed by atoms with van der Waals surface area (Å²) in [4.78, 5) is 11.5. The van der Waals surface area contributed by atoms with Gasteiger partial charge in [0.05, 0.1) is 5.54 Å².